The molecule has 8 heteroatoms. The summed E-state index contributed by atoms with van der Waals surface area (Å²) in [5, 5.41) is 0. The Bertz CT molecular complexity index is 1420. The molecule has 0 spiro atoms. The zero-order chi connectivity index (χ0) is 26.4. The van der Waals surface area contributed by atoms with Gasteiger partial charge in [-0.2, -0.15) is 0 Å². The van der Waals surface area contributed by atoms with E-state index in [1.807, 2.05) is 83.8 Å². The fraction of sp³-hybridized carbons (Fsp3) is 0.226. The predicted molar refractivity (Wildman–Crippen MR) is 146 cm³/mol. The number of nitrogens with zero attached hydrogens (tertiary/aromatic N) is 2. The molecular formula is C31H30N4O4. The van der Waals surface area contributed by atoms with Gasteiger partial charge in [0.15, 0.2) is 11.5 Å². The highest BCUT2D eigenvalue weighted by molar-refractivity contribution is 5.82. The molecule has 3 heterocycles. The van der Waals surface area contributed by atoms with Crippen LogP contribution in [0.1, 0.15) is 34.8 Å². The van der Waals surface area contributed by atoms with Crippen LogP contribution in [0.2, 0.25) is 0 Å². The molecule has 2 N–H and O–H groups in total. The van der Waals surface area contributed by atoms with E-state index < -0.39 is 0 Å². The van der Waals surface area contributed by atoms with Gasteiger partial charge in [-0.1, -0.05) is 54.6 Å². The third kappa shape index (κ3) is 6.03. The Hall–Kier alpha value is -4.40. The molecule has 4 aromatic rings. The molecule has 39 heavy (non-hydrogen) atoms. The number of hydrogen-bond acceptors (Lipinski definition) is 7. The van der Waals surface area contributed by atoms with Crippen LogP contribution in [0.3, 0.4) is 0 Å². The van der Waals surface area contributed by atoms with E-state index in [2.05, 4.69) is 28.0 Å². The lowest BCUT2D eigenvalue weighted by Crippen LogP contribution is -2.45. The molecule has 2 aliphatic heterocycles. The van der Waals surface area contributed by atoms with Gasteiger partial charge >= 0.3 is 0 Å². The van der Waals surface area contributed by atoms with Crippen LogP contribution in [0.15, 0.2) is 97.2 Å². The molecule has 1 fully saturated rings. The smallest absolute Gasteiger partial charge is 0.241 e. The summed E-state index contributed by atoms with van der Waals surface area (Å²) in [7, 11) is 0. The Balaban J connectivity index is 1.15. The van der Waals surface area contributed by atoms with Gasteiger partial charge in [0, 0.05) is 18.8 Å². The van der Waals surface area contributed by atoms with Crippen molar-refractivity contribution in [1.29, 1.82) is 0 Å². The summed E-state index contributed by atoms with van der Waals surface area (Å²) in [5.41, 5.74) is 10.5. The first-order valence-electron chi connectivity index (χ1n) is 13.1. The number of fused-ring (bicyclic) bond motifs is 1. The predicted octanol–water partition coefficient (Wildman–Crippen LogP) is 4.53. The second-order valence-corrected chi connectivity index (χ2v) is 9.68. The summed E-state index contributed by atoms with van der Waals surface area (Å²) >= 11 is 0. The Labute approximate surface area is 227 Å². The largest absolute Gasteiger partial charge is 0.489 e. The first-order chi connectivity index (χ1) is 19.2. The van der Waals surface area contributed by atoms with Gasteiger partial charge < -0.3 is 19.1 Å². The van der Waals surface area contributed by atoms with Crippen LogP contribution < -0.4 is 25.1 Å². The molecule has 1 aromatic heterocycles. The molecular weight excluding hydrogens is 492 g/mol. The fourth-order valence-corrected chi connectivity index (χ4v) is 4.89. The summed E-state index contributed by atoms with van der Waals surface area (Å²) in [6.07, 6.45) is 2.42. The Morgan fingerprint density at radius 1 is 0.872 bits per heavy atom. The number of rotatable bonds is 9. The van der Waals surface area contributed by atoms with Crippen LogP contribution in [0, 0.1) is 0 Å². The monoisotopic (exact) mass is 522 g/mol. The highest BCUT2D eigenvalue weighted by Gasteiger charge is 2.33. The maximum Gasteiger partial charge on any atom is 0.241 e. The molecule has 0 saturated carbocycles. The molecule has 2 atom stereocenters. The number of carbonyl (C=O) groups is 1. The number of pyridine rings is 1. The summed E-state index contributed by atoms with van der Waals surface area (Å²) in [6.45, 7) is 1.49. The van der Waals surface area contributed by atoms with E-state index in [4.69, 9.17) is 14.2 Å². The van der Waals surface area contributed by atoms with Crippen LogP contribution in [0.25, 0.3) is 0 Å². The molecule has 1 saturated heterocycles. The number of nitrogens with one attached hydrogen (secondary N) is 2. The van der Waals surface area contributed by atoms with Crippen molar-refractivity contribution < 1.29 is 19.0 Å². The second kappa shape index (κ2) is 11.6. The van der Waals surface area contributed by atoms with E-state index in [0.717, 1.165) is 39.6 Å². The van der Waals surface area contributed by atoms with Crippen LogP contribution in [-0.4, -0.2) is 28.6 Å². The summed E-state index contributed by atoms with van der Waals surface area (Å²) < 4.78 is 16.9. The lowest BCUT2D eigenvalue weighted by molar-refractivity contribution is -0.134. The van der Waals surface area contributed by atoms with Crippen molar-refractivity contribution in [3.05, 3.63) is 120 Å². The van der Waals surface area contributed by atoms with E-state index in [9.17, 15) is 4.79 Å². The average Bonchev–Trinajstić information content (AvgIpc) is 3.67. The second-order valence-electron chi connectivity index (χ2n) is 9.68. The fourth-order valence-electron chi connectivity index (χ4n) is 4.89. The summed E-state index contributed by atoms with van der Waals surface area (Å²) in [4.78, 5) is 20.1. The van der Waals surface area contributed by atoms with Crippen LogP contribution >= 0.6 is 0 Å². The van der Waals surface area contributed by atoms with E-state index >= 15 is 0 Å². The number of benzene rings is 3. The molecule has 0 radical (unpaired) electrons. The normalized spacial score (nSPS) is 17.6. The molecule has 2 unspecified atom stereocenters. The molecule has 0 aliphatic carbocycles. The van der Waals surface area contributed by atoms with Crippen LogP contribution in [0.4, 0.5) is 0 Å². The highest BCUT2D eigenvalue weighted by atomic mass is 16.7. The molecule has 6 rings (SSSR count). The average molecular weight is 523 g/mol. The van der Waals surface area contributed by atoms with Crippen LogP contribution in [-0.2, 0) is 24.5 Å². The van der Waals surface area contributed by atoms with E-state index in [-0.39, 0.29) is 24.8 Å². The van der Waals surface area contributed by atoms with Gasteiger partial charge in [-0.05, 0) is 59.5 Å². The summed E-state index contributed by atoms with van der Waals surface area (Å²) in [5.74, 6) is 2.25. The minimum atomic E-state index is -0.343. The molecule has 8 nitrogen and oxygen atoms in total. The Morgan fingerprint density at radius 3 is 2.62 bits per heavy atom. The minimum absolute atomic E-state index is 0.0262. The van der Waals surface area contributed by atoms with Crippen molar-refractivity contribution in [1.82, 2.24) is 20.7 Å². The van der Waals surface area contributed by atoms with Gasteiger partial charge in [0.25, 0.3) is 0 Å². The van der Waals surface area contributed by atoms with Gasteiger partial charge in [-0.25, -0.2) is 10.9 Å². The first-order valence-corrected chi connectivity index (χ1v) is 13.1. The molecule has 3 aromatic carbocycles. The van der Waals surface area contributed by atoms with Gasteiger partial charge in [-0.15, -0.1) is 0 Å². The van der Waals surface area contributed by atoms with Crippen molar-refractivity contribution in [2.45, 2.75) is 38.2 Å². The van der Waals surface area contributed by atoms with Crippen LogP contribution in [0.5, 0.6) is 17.2 Å². The van der Waals surface area contributed by atoms with Gasteiger partial charge in [0.05, 0.1) is 12.2 Å². The van der Waals surface area contributed by atoms with E-state index in [1.165, 1.54) is 0 Å². The zero-order valence-electron chi connectivity index (χ0n) is 21.5. The maximum atomic E-state index is 13.8. The first kappa shape index (κ1) is 24.9. The maximum absolute atomic E-state index is 13.8. The lowest BCUT2D eigenvalue weighted by Gasteiger charge is -2.25. The summed E-state index contributed by atoms with van der Waals surface area (Å²) in [6, 6.07) is 29.3. The third-order valence-electron chi connectivity index (χ3n) is 6.91. The highest BCUT2D eigenvalue weighted by Crippen LogP contribution is 2.33. The standard InChI is InChI=1S/C31H30N4O4/c36-31(28-17-27(33-34-28)24-8-2-1-3-9-24)35(19-25-10-4-5-14-32-25)18-22-7-6-11-26(15-22)37-20-23-12-13-29-30(16-23)39-21-38-29/h1-16,27-28,33-34H,17-21H2. The number of hydrazine groups is 1. The van der Waals surface area contributed by atoms with Crippen molar-refractivity contribution in [3.63, 3.8) is 0 Å². The molecule has 0 bridgehead atoms. The van der Waals surface area contributed by atoms with E-state index in [1.54, 1.807) is 6.20 Å². The van der Waals surface area contributed by atoms with Crippen molar-refractivity contribution in [2.24, 2.45) is 0 Å². The SMILES string of the molecule is O=C(C1CC(c2ccccc2)NN1)N(Cc1cccc(OCc2ccc3c(c2)OCO3)c1)Cc1ccccn1. The van der Waals surface area contributed by atoms with Gasteiger partial charge in [0.1, 0.15) is 18.4 Å². The number of aromatic nitrogens is 1. The number of hydrogen-bond donors (Lipinski definition) is 2. The van der Waals surface area contributed by atoms with Crippen molar-refractivity contribution in [3.8, 4) is 17.2 Å². The topological polar surface area (TPSA) is 85.0 Å². The molecule has 198 valence electrons. The molecule has 1 amide bonds. The van der Waals surface area contributed by atoms with E-state index in [0.29, 0.717) is 26.1 Å². The molecule has 2 aliphatic rings. The Kier molecular flexibility index (Phi) is 7.38. The van der Waals surface area contributed by atoms with Crippen molar-refractivity contribution >= 4 is 5.91 Å². The minimum Gasteiger partial charge on any atom is -0.489 e. The number of amides is 1. The third-order valence-corrected chi connectivity index (χ3v) is 6.91. The van der Waals surface area contributed by atoms with Gasteiger partial charge in [0.2, 0.25) is 12.7 Å². The number of carbonyl (C=O) groups excluding carboxylic acids is 1. The quantitative estimate of drug-likeness (QED) is 0.334. The Morgan fingerprint density at radius 2 is 1.74 bits per heavy atom. The lowest BCUT2D eigenvalue weighted by atomic mass is 10.0. The zero-order valence-corrected chi connectivity index (χ0v) is 21.5. The van der Waals surface area contributed by atoms with Gasteiger partial charge in [-0.3, -0.25) is 9.78 Å². The number of ether oxygens (including phenoxy) is 3. The van der Waals surface area contributed by atoms with Crippen molar-refractivity contribution in [2.75, 3.05) is 6.79 Å².